The maximum absolute atomic E-state index is 11.2. The Morgan fingerprint density at radius 3 is 2.46 bits per heavy atom. The Morgan fingerprint density at radius 1 is 1.38 bits per heavy atom. The third-order valence-electron chi connectivity index (χ3n) is 1.85. The number of rotatable bonds is 5. The average Bonchev–Trinajstić information content (AvgIpc) is 2.67. The molecule has 0 aliphatic heterocycles. The summed E-state index contributed by atoms with van der Waals surface area (Å²) < 4.78 is 0. The molecule has 0 bridgehead atoms. The summed E-state index contributed by atoms with van der Waals surface area (Å²) in [5.74, 6) is 0.105. The normalized spacial score (nSPS) is 15.9. The van der Waals surface area contributed by atoms with Gasteiger partial charge in [-0.3, -0.25) is 14.5 Å². The van der Waals surface area contributed by atoms with Crippen LogP contribution in [0.15, 0.2) is 0 Å². The maximum atomic E-state index is 11.2. The number of nitrogens with zero attached hydrogens (tertiary/aromatic N) is 1. The molecule has 1 N–H and O–H groups in total. The van der Waals surface area contributed by atoms with E-state index in [9.17, 15) is 9.59 Å². The van der Waals surface area contributed by atoms with Crippen molar-refractivity contribution < 1.29 is 9.59 Å². The summed E-state index contributed by atoms with van der Waals surface area (Å²) >= 11 is 0. The molecular weight excluding hydrogens is 168 g/mol. The van der Waals surface area contributed by atoms with Gasteiger partial charge in [0, 0.05) is 6.04 Å². The van der Waals surface area contributed by atoms with E-state index < -0.39 is 0 Å². The summed E-state index contributed by atoms with van der Waals surface area (Å²) in [6, 6.07) is 0.401. The molecular formula is C9H16N2O2. The van der Waals surface area contributed by atoms with Gasteiger partial charge in [-0.2, -0.15) is 0 Å². The molecule has 13 heavy (non-hydrogen) atoms. The zero-order valence-electron chi connectivity index (χ0n) is 8.17. The van der Waals surface area contributed by atoms with Crippen molar-refractivity contribution in [1.82, 2.24) is 10.2 Å². The Balaban J connectivity index is 2.13. The highest BCUT2D eigenvalue weighted by Gasteiger charge is 2.23. The minimum atomic E-state index is 0.0197. The number of carbonyl (C=O) groups is 2. The number of hydrogen-bond acceptors (Lipinski definition) is 3. The van der Waals surface area contributed by atoms with Crippen molar-refractivity contribution in [1.29, 1.82) is 0 Å². The highest BCUT2D eigenvalue weighted by Crippen LogP contribution is 2.18. The molecule has 0 aromatic carbocycles. The fourth-order valence-corrected chi connectivity index (χ4v) is 1.18. The first-order chi connectivity index (χ1) is 6.08. The Morgan fingerprint density at radius 2 is 2.00 bits per heavy atom. The largest absolute Gasteiger partial charge is 0.352 e. The lowest BCUT2D eigenvalue weighted by Gasteiger charge is -2.13. The van der Waals surface area contributed by atoms with Gasteiger partial charge in [-0.25, -0.2) is 0 Å². The van der Waals surface area contributed by atoms with Crippen LogP contribution in [0, 0.1) is 0 Å². The predicted molar refractivity (Wildman–Crippen MR) is 49.3 cm³/mol. The fraction of sp³-hybridized carbons (Fsp3) is 0.778. The smallest absolute Gasteiger partial charge is 0.234 e. The Bertz CT molecular complexity index is 212. The highest BCUT2D eigenvalue weighted by atomic mass is 16.2. The third kappa shape index (κ3) is 4.62. The number of Topliss-reactive ketones (excluding diaryl/α,β-unsaturated/α-hetero) is 1. The van der Waals surface area contributed by atoms with Crippen LogP contribution in [0.5, 0.6) is 0 Å². The summed E-state index contributed by atoms with van der Waals surface area (Å²) in [6.07, 6.45) is 2.20. The van der Waals surface area contributed by atoms with Gasteiger partial charge < -0.3 is 5.32 Å². The van der Waals surface area contributed by atoms with Crippen LogP contribution in [-0.2, 0) is 9.59 Å². The summed E-state index contributed by atoms with van der Waals surface area (Å²) in [4.78, 5) is 23.6. The van der Waals surface area contributed by atoms with Crippen LogP contribution in [0.2, 0.25) is 0 Å². The molecule has 1 aliphatic rings. The molecule has 0 aromatic heterocycles. The van der Waals surface area contributed by atoms with Crippen molar-refractivity contribution >= 4 is 11.7 Å². The van der Waals surface area contributed by atoms with Crippen LogP contribution in [-0.4, -0.2) is 42.8 Å². The molecule has 1 saturated carbocycles. The number of ketones is 1. The van der Waals surface area contributed by atoms with Crippen molar-refractivity contribution in [3.05, 3.63) is 0 Å². The first-order valence-corrected chi connectivity index (χ1v) is 4.55. The van der Waals surface area contributed by atoms with Crippen molar-refractivity contribution in [3.8, 4) is 0 Å². The van der Waals surface area contributed by atoms with Gasteiger partial charge in [0.15, 0.2) is 0 Å². The Kier molecular flexibility index (Phi) is 3.42. The standard InChI is InChI=1S/C9H16N2O2/c1-7(12)5-11(2)6-9(13)10-8-3-4-8/h8H,3-6H2,1-2H3,(H,10,13). The van der Waals surface area contributed by atoms with E-state index in [1.165, 1.54) is 6.92 Å². The lowest BCUT2D eigenvalue weighted by atomic mass is 10.4. The second-order valence-corrected chi connectivity index (χ2v) is 3.72. The predicted octanol–water partition coefficient (Wildman–Crippen LogP) is -0.214. The number of nitrogens with one attached hydrogen (secondary N) is 1. The van der Waals surface area contributed by atoms with Crippen LogP contribution in [0.25, 0.3) is 0 Å². The lowest BCUT2D eigenvalue weighted by molar-refractivity contribution is -0.123. The van der Waals surface area contributed by atoms with Crippen LogP contribution < -0.4 is 5.32 Å². The van der Waals surface area contributed by atoms with Gasteiger partial charge in [-0.05, 0) is 26.8 Å². The molecule has 0 atom stereocenters. The van der Waals surface area contributed by atoms with Gasteiger partial charge in [0.2, 0.25) is 5.91 Å². The van der Waals surface area contributed by atoms with Gasteiger partial charge in [-0.1, -0.05) is 0 Å². The SMILES string of the molecule is CC(=O)CN(C)CC(=O)NC1CC1. The van der Waals surface area contributed by atoms with E-state index in [0.29, 0.717) is 19.1 Å². The molecule has 4 heteroatoms. The zero-order valence-corrected chi connectivity index (χ0v) is 8.17. The van der Waals surface area contributed by atoms with Gasteiger partial charge in [0.05, 0.1) is 13.1 Å². The molecule has 74 valence electrons. The number of hydrogen-bond donors (Lipinski definition) is 1. The lowest BCUT2D eigenvalue weighted by Crippen LogP contribution is -2.37. The van der Waals surface area contributed by atoms with Crippen LogP contribution in [0.1, 0.15) is 19.8 Å². The van der Waals surface area contributed by atoms with Gasteiger partial charge in [0.1, 0.15) is 5.78 Å². The first kappa shape index (κ1) is 10.2. The van der Waals surface area contributed by atoms with Crippen molar-refractivity contribution in [2.24, 2.45) is 0 Å². The molecule has 0 radical (unpaired) electrons. The number of likely N-dealkylation sites (N-methyl/N-ethyl adjacent to an activating group) is 1. The number of carbonyl (C=O) groups excluding carboxylic acids is 2. The highest BCUT2D eigenvalue weighted by molar-refractivity contribution is 5.81. The van der Waals surface area contributed by atoms with E-state index in [2.05, 4.69) is 5.32 Å². The molecule has 0 aromatic rings. The van der Waals surface area contributed by atoms with E-state index in [0.717, 1.165) is 12.8 Å². The van der Waals surface area contributed by atoms with E-state index >= 15 is 0 Å². The van der Waals surface area contributed by atoms with Crippen molar-refractivity contribution in [3.63, 3.8) is 0 Å². The van der Waals surface area contributed by atoms with Gasteiger partial charge in [0.25, 0.3) is 0 Å². The summed E-state index contributed by atoms with van der Waals surface area (Å²) in [6.45, 7) is 2.18. The maximum Gasteiger partial charge on any atom is 0.234 e. The minimum absolute atomic E-state index is 0.0197. The molecule has 1 rings (SSSR count). The van der Waals surface area contributed by atoms with E-state index in [4.69, 9.17) is 0 Å². The van der Waals surface area contributed by atoms with E-state index in [1.54, 1.807) is 11.9 Å². The third-order valence-corrected chi connectivity index (χ3v) is 1.85. The van der Waals surface area contributed by atoms with E-state index in [-0.39, 0.29) is 11.7 Å². The Hall–Kier alpha value is -0.900. The van der Waals surface area contributed by atoms with Gasteiger partial charge in [-0.15, -0.1) is 0 Å². The van der Waals surface area contributed by atoms with Crippen molar-refractivity contribution in [2.45, 2.75) is 25.8 Å². The average molecular weight is 184 g/mol. The fourth-order valence-electron chi connectivity index (χ4n) is 1.18. The first-order valence-electron chi connectivity index (χ1n) is 4.55. The summed E-state index contributed by atoms with van der Waals surface area (Å²) in [7, 11) is 1.77. The molecule has 1 aliphatic carbocycles. The Labute approximate surface area is 78.3 Å². The molecule has 1 amide bonds. The second kappa shape index (κ2) is 4.37. The van der Waals surface area contributed by atoms with Crippen LogP contribution in [0.3, 0.4) is 0 Å². The summed E-state index contributed by atoms with van der Waals surface area (Å²) in [5.41, 5.74) is 0. The van der Waals surface area contributed by atoms with Crippen LogP contribution >= 0.6 is 0 Å². The monoisotopic (exact) mass is 184 g/mol. The van der Waals surface area contributed by atoms with Gasteiger partial charge >= 0.3 is 0 Å². The second-order valence-electron chi connectivity index (χ2n) is 3.72. The molecule has 1 fully saturated rings. The topological polar surface area (TPSA) is 49.4 Å². The minimum Gasteiger partial charge on any atom is -0.352 e. The van der Waals surface area contributed by atoms with Crippen molar-refractivity contribution in [2.75, 3.05) is 20.1 Å². The molecule has 0 heterocycles. The molecule has 4 nitrogen and oxygen atoms in total. The van der Waals surface area contributed by atoms with E-state index in [1.807, 2.05) is 0 Å². The van der Waals surface area contributed by atoms with Crippen LogP contribution in [0.4, 0.5) is 0 Å². The summed E-state index contributed by atoms with van der Waals surface area (Å²) in [5, 5.41) is 2.87. The molecule has 0 unspecified atom stereocenters. The quantitative estimate of drug-likeness (QED) is 0.643. The molecule has 0 saturated heterocycles. The molecule has 0 spiro atoms. The number of amides is 1. The zero-order chi connectivity index (χ0) is 9.84.